The van der Waals surface area contributed by atoms with E-state index in [-0.39, 0.29) is 0 Å². The molecule has 0 aromatic heterocycles. The number of benzene rings is 1. The Labute approximate surface area is 119 Å². The lowest BCUT2D eigenvalue weighted by Gasteiger charge is -2.13. The minimum Gasteiger partial charge on any atom is -0.399 e. The van der Waals surface area contributed by atoms with Crippen LogP contribution in [0.25, 0.3) is 0 Å². The van der Waals surface area contributed by atoms with Crippen molar-refractivity contribution in [2.75, 3.05) is 17.6 Å². The molecule has 0 unspecified atom stereocenters. The van der Waals surface area contributed by atoms with Gasteiger partial charge in [-0.2, -0.15) is 0 Å². The second kappa shape index (κ2) is 7.24. The topological polar surface area (TPSA) is 81.1 Å². The van der Waals surface area contributed by atoms with E-state index in [9.17, 15) is 4.79 Å². The van der Waals surface area contributed by atoms with Gasteiger partial charge in [-0.3, -0.25) is 4.79 Å². The van der Waals surface area contributed by atoms with Crippen molar-refractivity contribution in [1.82, 2.24) is 0 Å². The molecule has 1 rings (SSSR count). The third-order valence-electron chi connectivity index (χ3n) is 2.89. The van der Waals surface area contributed by atoms with E-state index < -0.39 is 5.91 Å². The van der Waals surface area contributed by atoms with Crippen molar-refractivity contribution >= 4 is 28.9 Å². The Hall–Kier alpha value is -1.42. The first-order chi connectivity index (χ1) is 8.91. The van der Waals surface area contributed by atoms with Crippen LogP contribution in [0.2, 0.25) is 5.02 Å². The molecule has 0 fully saturated rings. The second-order valence-electron chi connectivity index (χ2n) is 5.11. The lowest BCUT2D eigenvalue weighted by Crippen LogP contribution is -2.16. The summed E-state index contributed by atoms with van der Waals surface area (Å²) in [5, 5.41) is 3.60. The summed E-state index contributed by atoms with van der Waals surface area (Å²) in [6.45, 7) is 5.17. The third kappa shape index (κ3) is 4.99. The highest BCUT2D eigenvalue weighted by Crippen LogP contribution is 2.29. The van der Waals surface area contributed by atoms with Crippen LogP contribution in [-0.4, -0.2) is 12.5 Å². The van der Waals surface area contributed by atoms with Crippen LogP contribution >= 0.6 is 11.6 Å². The van der Waals surface area contributed by atoms with Gasteiger partial charge in [-0.05, 0) is 24.5 Å². The van der Waals surface area contributed by atoms with Gasteiger partial charge in [-0.15, -0.1) is 0 Å². The number of carbonyl (C=O) groups excluding carboxylic acids is 1. The van der Waals surface area contributed by atoms with E-state index >= 15 is 0 Å². The zero-order valence-corrected chi connectivity index (χ0v) is 12.3. The highest BCUT2D eigenvalue weighted by Gasteiger charge is 2.12. The number of hydrogen-bond acceptors (Lipinski definition) is 3. The molecule has 0 aliphatic carbocycles. The number of rotatable bonds is 7. The standard InChI is InChI=1S/C14H22ClN3O/c1-9(2)5-3-4-6-18-13-11(14(17)19)7-10(16)8-12(13)15/h7-9,18H,3-6,16H2,1-2H3,(H2,17,19). The highest BCUT2D eigenvalue weighted by atomic mass is 35.5. The highest BCUT2D eigenvalue weighted by molar-refractivity contribution is 6.34. The fourth-order valence-corrected chi connectivity index (χ4v) is 2.19. The Morgan fingerprint density at radius 3 is 2.63 bits per heavy atom. The molecule has 1 amide bonds. The zero-order chi connectivity index (χ0) is 14.4. The maximum absolute atomic E-state index is 11.4. The second-order valence-corrected chi connectivity index (χ2v) is 5.51. The summed E-state index contributed by atoms with van der Waals surface area (Å²) in [5.41, 5.74) is 12.3. The van der Waals surface area contributed by atoms with E-state index in [1.807, 2.05) is 0 Å². The molecule has 5 heteroatoms. The maximum atomic E-state index is 11.4. The van der Waals surface area contributed by atoms with E-state index in [0.717, 1.165) is 19.4 Å². The van der Waals surface area contributed by atoms with Crippen LogP contribution < -0.4 is 16.8 Å². The average Bonchev–Trinajstić information content (AvgIpc) is 2.29. The SMILES string of the molecule is CC(C)CCCCNc1c(Cl)cc(N)cc1C(N)=O. The van der Waals surface area contributed by atoms with Crippen LogP contribution in [0.3, 0.4) is 0 Å². The van der Waals surface area contributed by atoms with Gasteiger partial charge in [0.2, 0.25) is 0 Å². The molecule has 19 heavy (non-hydrogen) atoms. The van der Waals surface area contributed by atoms with E-state index in [1.165, 1.54) is 6.42 Å². The Morgan fingerprint density at radius 2 is 2.05 bits per heavy atom. The summed E-state index contributed by atoms with van der Waals surface area (Å²) in [5.74, 6) is 0.181. The van der Waals surface area contributed by atoms with Gasteiger partial charge in [0.25, 0.3) is 5.91 Å². The number of halogens is 1. The first-order valence-corrected chi connectivity index (χ1v) is 6.92. The third-order valence-corrected chi connectivity index (χ3v) is 3.19. The molecule has 5 N–H and O–H groups in total. The number of nitrogen functional groups attached to an aromatic ring is 1. The maximum Gasteiger partial charge on any atom is 0.250 e. The molecule has 1 aromatic carbocycles. The number of unbranched alkanes of at least 4 members (excludes halogenated alkanes) is 1. The van der Waals surface area contributed by atoms with Crippen LogP contribution in [0.1, 0.15) is 43.5 Å². The van der Waals surface area contributed by atoms with Crippen molar-refractivity contribution in [3.05, 3.63) is 22.7 Å². The fourth-order valence-electron chi connectivity index (χ4n) is 1.89. The monoisotopic (exact) mass is 283 g/mol. The molecule has 0 heterocycles. The number of nitrogens with two attached hydrogens (primary N) is 2. The Bertz CT molecular complexity index is 447. The molecule has 0 bridgehead atoms. The van der Waals surface area contributed by atoms with E-state index in [1.54, 1.807) is 12.1 Å². The van der Waals surface area contributed by atoms with Gasteiger partial charge < -0.3 is 16.8 Å². The molecule has 0 saturated heterocycles. The largest absolute Gasteiger partial charge is 0.399 e. The van der Waals surface area contributed by atoms with Crippen molar-refractivity contribution in [3.63, 3.8) is 0 Å². The number of anilines is 2. The van der Waals surface area contributed by atoms with Gasteiger partial charge in [0.15, 0.2) is 0 Å². The summed E-state index contributed by atoms with van der Waals surface area (Å²) < 4.78 is 0. The smallest absolute Gasteiger partial charge is 0.250 e. The van der Waals surface area contributed by atoms with Gasteiger partial charge >= 0.3 is 0 Å². The molecule has 0 saturated carbocycles. The van der Waals surface area contributed by atoms with Crippen LogP contribution in [0.4, 0.5) is 11.4 Å². The molecule has 0 atom stereocenters. The number of primary amides is 1. The Balaban J connectivity index is 2.64. The lowest BCUT2D eigenvalue weighted by molar-refractivity contribution is 0.100. The molecule has 4 nitrogen and oxygen atoms in total. The minimum absolute atomic E-state index is 0.342. The molecular weight excluding hydrogens is 262 g/mol. The number of amides is 1. The molecule has 0 aliphatic heterocycles. The van der Waals surface area contributed by atoms with Crippen molar-refractivity contribution < 1.29 is 4.79 Å². The molecule has 0 aliphatic rings. The van der Waals surface area contributed by atoms with Crippen LogP contribution in [0.15, 0.2) is 12.1 Å². The lowest BCUT2D eigenvalue weighted by atomic mass is 10.1. The number of carbonyl (C=O) groups is 1. The van der Waals surface area contributed by atoms with E-state index in [2.05, 4.69) is 19.2 Å². The Kier molecular flexibility index (Phi) is 5.96. The minimum atomic E-state index is -0.529. The first-order valence-electron chi connectivity index (χ1n) is 6.54. The van der Waals surface area contributed by atoms with Crippen molar-refractivity contribution in [1.29, 1.82) is 0 Å². The van der Waals surface area contributed by atoms with Crippen molar-refractivity contribution in [2.45, 2.75) is 33.1 Å². The molecule has 106 valence electrons. The summed E-state index contributed by atoms with van der Waals surface area (Å²) in [4.78, 5) is 11.4. The molecule has 1 aromatic rings. The van der Waals surface area contributed by atoms with Crippen LogP contribution in [0.5, 0.6) is 0 Å². The van der Waals surface area contributed by atoms with Gasteiger partial charge in [0.05, 0.1) is 16.3 Å². The normalized spacial score (nSPS) is 10.7. The Morgan fingerprint density at radius 1 is 1.37 bits per heavy atom. The van der Waals surface area contributed by atoms with E-state index in [0.29, 0.717) is 27.9 Å². The summed E-state index contributed by atoms with van der Waals surface area (Å²) >= 11 is 6.09. The predicted molar refractivity (Wildman–Crippen MR) is 81.6 cm³/mol. The van der Waals surface area contributed by atoms with Gasteiger partial charge in [0.1, 0.15) is 0 Å². The van der Waals surface area contributed by atoms with Gasteiger partial charge in [0, 0.05) is 12.2 Å². The van der Waals surface area contributed by atoms with Crippen LogP contribution in [-0.2, 0) is 0 Å². The number of hydrogen-bond donors (Lipinski definition) is 3. The van der Waals surface area contributed by atoms with Gasteiger partial charge in [-0.25, -0.2) is 0 Å². The summed E-state index contributed by atoms with van der Waals surface area (Å²) in [6, 6.07) is 3.16. The summed E-state index contributed by atoms with van der Waals surface area (Å²) in [7, 11) is 0. The van der Waals surface area contributed by atoms with Gasteiger partial charge in [-0.1, -0.05) is 38.3 Å². The molecule has 0 spiro atoms. The zero-order valence-electron chi connectivity index (χ0n) is 11.5. The average molecular weight is 284 g/mol. The van der Waals surface area contributed by atoms with E-state index in [4.69, 9.17) is 23.1 Å². The van der Waals surface area contributed by atoms with Crippen LogP contribution in [0, 0.1) is 5.92 Å². The fraction of sp³-hybridized carbons (Fsp3) is 0.500. The van der Waals surface area contributed by atoms with Crippen molar-refractivity contribution in [2.24, 2.45) is 11.7 Å². The predicted octanol–water partition coefficient (Wildman–Crippen LogP) is 3.26. The van der Waals surface area contributed by atoms with Crippen molar-refractivity contribution in [3.8, 4) is 0 Å². The summed E-state index contributed by atoms with van der Waals surface area (Å²) in [6.07, 6.45) is 3.36. The molecule has 0 radical (unpaired) electrons. The first kappa shape index (κ1) is 15.6. The quantitative estimate of drug-likeness (QED) is 0.531. The molecular formula is C14H22ClN3O. The number of nitrogens with one attached hydrogen (secondary N) is 1.